The summed E-state index contributed by atoms with van der Waals surface area (Å²) in [6, 6.07) is 3.64. The average molecular weight is 237 g/mol. The molecule has 4 heteroatoms. The van der Waals surface area contributed by atoms with Crippen molar-refractivity contribution in [2.75, 3.05) is 0 Å². The third-order valence-electron chi connectivity index (χ3n) is 3.48. The zero-order valence-corrected chi connectivity index (χ0v) is 11.2. The first kappa shape index (κ1) is 13.8. The van der Waals surface area contributed by atoms with Gasteiger partial charge in [-0.3, -0.25) is 4.79 Å². The molecule has 1 aromatic rings. The molecule has 0 aliphatic heterocycles. The number of nitrogens with two attached hydrogens (primary N) is 1. The van der Waals surface area contributed by atoms with Crippen molar-refractivity contribution in [1.29, 1.82) is 0 Å². The second-order valence-electron chi connectivity index (χ2n) is 4.65. The largest absolute Gasteiger partial charge is 0.350 e. The highest BCUT2D eigenvalue weighted by molar-refractivity contribution is 5.81. The molecule has 0 fully saturated rings. The van der Waals surface area contributed by atoms with Crippen molar-refractivity contribution in [1.82, 2.24) is 9.88 Å². The molecular formula is C13H23N3O. The molecule has 0 saturated carbocycles. The van der Waals surface area contributed by atoms with E-state index < -0.39 is 6.04 Å². The van der Waals surface area contributed by atoms with Crippen molar-refractivity contribution in [3.63, 3.8) is 0 Å². The molecule has 0 radical (unpaired) electrons. The average Bonchev–Trinajstić information content (AvgIpc) is 2.65. The number of nitrogens with one attached hydrogen (secondary N) is 1. The molecule has 0 aliphatic rings. The van der Waals surface area contributed by atoms with Crippen LogP contribution in [0.15, 0.2) is 12.1 Å². The van der Waals surface area contributed by atoms with E-state index in [0.29, 0.717) is 6.54 Å². The Kier molecular flexibility index (Phi) is 4.75. The van der Waals surface area contributed by atoms with Gasteiger partial charge in [0.2, 0.25) is 5.91 Å². The summed E-state index contributed by atoms with van der Waals surface area (Å²) >= 11 is 0. The predicted octanol–water partition coefficient (Wildman–Crippen LogP) is 1.32. The lowest BCUT2D eigenvalue weighted by Gasteiger charge is -2.17. The van der Waals surface area contributed by atoms with Crippen molar-refractivity contribution < 1.29 is 4.79 Å². The van der Waals surface area contributed by atoms with Gasteiger partial charge >= 0.3 is 0 Å². The summed E-state index contributed by atoms with van der Waals surface area (Å²) in [4.78, 5) is 11.8. The predicted molar refractivity (Wildman–Crippen MR) is 69.4 cm³/mol. The molecule has 17 heavy (non-hydrogen) atoms. The minimum atomic E-state index is -0.415. The molecule has 0 spiro atoms. The van der Waals surface area contributed by atoms with Crippen LogP contribution in [-0.4, -0.2) is 16.5 Å². The van der Waals surface area contributed by atoms with Gasteiger partial charge in [-0.15, -0.1) is 0 Å². The molecule has 0 aliphatic carbocycles. The van der Waals surface area contributed by atoms with Gasteiger partial charge in [0.1, 0.15) is 0 Å². The van der Waals surface area contributed by atoms with Crippen LogP contribution in [0.3, 0.4) is 0 Å². The summed E-state index contributed by atoms with van der Waals surface area (Å²) in [6.07, 6.45) is 0.915. The van der Waals surface area contributed by atoms with E-state index in [1.165, 1.54) is 5.69 Å². The quantitative estimate of drug-likeness (QED) is 0.811. The third kappa shape index (κ3) is 3.33. The molecular weight excluding hydrogens is 214 g/mol. The molecule has 1 amide bonds. The van der Waals surface area contributed by atoms with Gasteiger partial charge in [0.15, 0.2) is 0 Å². The van der Waals surface area contributed by atoms with Gasteiger partial charge in [0, 0.05) is 18.4 Å². The zero-order valence-electron chi connectivity index (χ0n) is 11.2. The van der Waals surface area contributed by atoms with Crippen molar-refractivity contribution in [2.24, 2.45) is 18.7 Å². The van der Waals surface area contributed by atoms with E-state index in [0.717, 1.165) is 12.1 Å². The molecule has 4 nitrogen and oxygen atoms in total. The lowest BCUT2D eigenvalue weighted by Crippen LogP contribution is -2.44. The summed E-state index contributed by atoms with van der Waals surface area (Å²) in [7, 11) is 1.99. The second-order valence-corrected chi connectivity index (χ2v) is 4.65. The van der Waals surface area contributed by atoms with Crippen LogP contribution in [0.2, 0.25) is 0 Å². The van der Waals surface area contributed by atoms with Crippen LogP contribution in [-0.2, 0) is 18.4 Å². The molecule has 1 rings (SSSR count). The highest BCUT2D eigenvalue weighted by Gasteiger charge is 2.19. The van der Waals surface area contributed by atoms with Crippen molar-refractivity contribution in [3.05, 3.63) is 23.5 Å². The van der Waals surface area contributed by atoms with Crippen LogP contribution in [0.5, 0.6) is 0 Å². The van der Waals surface area contributed by atoms with Gasteiger partial charge in [-0.25, -0.2) is 0 Å². The van der Waals surface area contributed by atoms with Crippen molar-refractivity contribution in [3.8, 4) is 0 Å². The SMILES string of the molecule is CCC(C)[C@H](N)C(=O)NCc1ccc(C)n1C. The molecule has 0 saturated heterocycles. The summed E-state index contributed by atoms with van der Waals surface area (Å²) in [5.41, 5.74) is 8.13. The minimum absolute atomic E-state index is 0.0711. The van der Waals surface area contributed by atoms with Gasteiger partial charge in [-0.05, 0) is 25.0 Å². The number of aryl methyl sites for hydroxylation is 1. The van der Waals surface area contributed by atoms with Crippen LogP contribution in [0.4, 0.5) is 0 Å². The number of nitrogens with zero attached hydrogens (tertiary/aromatic N) is 1. The van der Waals surface area contributed by atoms with Crippen LogP contribution in [0, 0.1) is 12.8 Å². The molecule has 0 aromatic carbocycles. The fourth-order valence-electron chi connectivity index (χ4n) is 1.65. The third-order valence-corrected chi connectivity index (χ3v) is 3.48. The summed E-state index contributed by atoms with van der Waals surface area (Å²) in [5, 5.41) is 2.88. The van der Waals surface area contributed by atoms with Crippen molar-refractivity contribution >= 4 is 5.91 Å². The van der Waals surface area contributed by atoms with Gasteiger partial charge in [-0.2, -0.15) is 0 Å². The number of carbonyl (C=O) groups excluding carboxylic acids is 1. The maximum absolute atomic E-state index is 11.8. The van der Waals surface area contributed by atoms with Crippen LogP contribution in [0.25, 0.3) is 0 Å². The molecule has 1 aromatic heterocycles. The summed E-state index contributed by atoms with van der Waals surface area (Å²) < 4.78 is 2.06. The van der Waals surface area contributed by atoms with E-state index >= 15 is 0 Å². The zero-order chi connectivity index (χ0) is 13.0. The molecule has 3 N–H and O–H groups in total. The van der Waals surface area contributed by atoms with E-state index in [2.05, 4.69) is 9.88 Å². The van der Waals surface area contributed by atoms with Crippen molar-refractivity contribution in [2.45, 2.75) is 39.8 Å². The first-order chi connectivity index (χ1) is 7.97. The maximum atomic E-state index is 11.8. The Morgan fingerprint density at radius 3 is 2.65 bits per heavy atom. The highest BCUT2D eigenvalue weighted by atomic mass is 16.2. The van der Waals surface area contributed by atoms with E-state index in [-0.39, 0.29) is 11.8 Å². The summed E-state index contributed by atoms with van der Waals surface area (Å²) in [6.45, 7) is 6.61. The number of hydrogen-bond acceptors (Lipinski definition) is 2. The normalized spacial score (nSPS) is 14.4. The molecule has 1 unspecified atom stereocenters. The molecule has 0 bridgehead atoms. The lowest BCUT2D eigenvalue weighted by atomic mass is 9.99. The van der Waals surface area contributed by atoms with E-state index in [1.54, 1.807) is 0 Å². The number of rotatable bonds is 5. The van der Waals surface area contributed by atoms with E-state index in [9.17, 15) is 4.79 Å². The smallest absolute Gasteiger partial charge is 0.237 e. The molecule has 96 valence electrons. The van der Waals surface area contributed by atoms with Gasteiger partial charge in [0.05, 0.1) is 12.6 Å². The number of hydrogen-bond donors (Lipinski definition) is 2. The Hall–Kier alpha value is -1.29. The van der Waals surface area contributed by atoms with Gasteiger partial charge < -0.3 is 15.6 Å². The number of aromatic nitrogens is 1. The first-order valence-corrected chi connectivity index (χ1v) is 6.11. The fourth-order valence-corrected chi connectivity index (χ4v) is 1.65. The van der Waals surface area contributed by atoms with Crippen LogP contribution >= 0.6 is 0 Å². The molecule has 2 atom stereocenters. The number of amides is 1. The Bertz CT molecular complexity index is 384. The molecule has 1 heterocycles. The monoisotopic (exact) mass is 237 g/mol. The van der Waals surface area contributed by atoms with Crippen LogP contribution in [0.1, 0.15) is 31.7 Å². The van der Waals surface area contributed by atoms with Gasteiger partial charge in [0.25, 0.3) is 0 Å². The minimum Gasteiger partial charge on any atom is -0.350 e. The topological polar surface area (TPSA) is 60.1 Å². The van der Waals surface area contributed by atoms with E-state index in [1.807, 2.05) is 40.0 Å². The summed E-state index contributed by atoms with van der Waals surface area (Å²) in [5.74, 6) is 0.142. The second kappa shape index (κ2) is 5.87. The van der Waals surface area contributed by atoms with E-state index in [4.69, 9.17) is 5.73 Å². The Morgan fingerprint density at radius 2 is 2.18 bits per heavy atom. The van der Waals surface area contributed by atoms with Gasteiger partial charge in [-0.1, -0.05) is 20.3 Å². The lowest BCUT2D eigenvalue weighted by molar-refractivity contribution is -0.123. The maximum Gasteiger partial charge on any atom is 0.237 e. The highest BCUT2D eigenvalue weighted by Crippen LogP contribution is 2.07. The Morgan fingerprint density at radius 1 is 1.53 bits per heavy atom. The van der Waals surface area contributed by atoms with Crippen LogP contribution < -0.4 is 11.1 Å². The standard InChI is InChI=1S/C13H23N3O/c1-5-9(2)12(14)13(17)15-8-11-7-6-10(3)16(11)4/h6-7,9,12H,5,8,14H2,1-4H3,(H,15,17)/t9?,12-/m0/s1. The number of carbonyl (C=O) groups is 1. The fraction of sp³-hybridized carbons (Fsp3) is 0.615. The Labute approximate surface area is 103 Å². The Balaban J connectivity index is 2.51. The first-order valence-electron chi connectivity index (χ1n) is 6.11.